The molecule has 3 aromatic rings. The van der Waals surface area contributed by atoms with E-state index >= 15 is 4.39 Å². The molecule has 0 aliphatic carbocycles. The van der Waals surface area contributed by atoms with Gasteiger partial charge in [0.05, 0.1) is 31.0 Å². The summed E-state index contributed by atoms with van der Waals surface area (Å²) in [5.41, 5.74) is 4.51. The Morgan fingerprint density at radius 3 is 2.82 bits per heavy atom. The molecular weight excluding hydrogens is 425 g/mol. The molecule has 0 atom stereocenters. The lowest BCUT2D eigenvalue weighted by atomic mass is 9.96. The highest BCUT2D eigenvalue weighted by atomic mass is 19.1. The summed E-state index contributed by atoms with van der Waals surface area (Å²) in [6.45, 7) is 5.00. The van der Waals surface area contributed by atoms with Crippen molar-refractivity contribution in [3.8, 4) is 11.1 Å². The Bertz CT molecular complexity index is 1210. The summed E-state index contributed by atoms with van der Waals surface area (Å²) in [7, 11) is 1.85. The number of rotatable bonds is 6. The third-order valence-electron chi connectivity index (χ3n) is 6.06. The minimum absolute atomic E-state index is 0.00698. The summed E-state index contributed by atoms with van der Waals surface area (Å²) in [6, 6.07) is 3.17. The molecule has 0 unspecified atom stereocenters. The number of carbonyl (C=O) groups excluding carboxylic acids is 1. The molecule has 0 fully saturated rings. The number of fused-ring (bicyclic) bond motifs is 2. The summed E-state index contributed by atoms with van der Waals surface area (Å²) in [5, 5.41) is 14.9. The molecule has 1 aliphatic heterocycles. The first-order chi connectivity index (χ1) is 16.0. The molecule has 8 heteroatoms. The van der Waals surface area contributed by atoms with Gasteiger partial charge in [-0.2, -0.15) is 5.10 Å². The zero-order valence-electron chi connectivity index (χ0n) is 19.4. The highest BCUT2D eigenvalue weighted by Crippen LogP contribution is 2.40. The number of hydrogen-bond acceptors (Lipinski definition) is 5. The summed E-state index contributed by atoms with van der Waals surface area (Å²) in [6.07, 6.45) is 5.43. The summed E-state index contributed by atoms with van der Waals surface area (Å²) in [5.74, 6) is -0.827. The normalized spacial score (nSPS) is 14.7. The fourth-order valence-electron chi connectivity index (χ4n) is 4.74. The average Bonchev–Trinajstić information content (AvgIpc) is 3.27. The van der Waals surface area contributed by atoms with E-state index in [2.05, 4.69) is 5.10 Å². The molecule has 0 bridgehead atoms. The molecule has 7 nitrogen and oxygen atoms in total. The molecule has 4 rings (SSSR count). The van der Waals surface area contributed by atoms with E-state index in [9.17, 15) is 9.90 Å². The second kappa shape index (κ2) is 9.89. The van der Waals surface area contributed by atoms with E-state index in [4.69, 9.17) is 9.47 Å². The summed E-state index contributed by atoms with van der Waals surface area (Å²) < 4.78 is 30.5. The van der Waals surface area contributed by atoms with Crippen molar-refractivity contribution in [2.24, 2.45) is 7.05 Å². The predicted molar refractivity (Wildman–Crippen MR) is 124 cm³/mol. The average molecular weight is 456 g/mol. The Morgan fingerprint density at radius 1 is 1.27 bits per heavy atom. The van der Waals surface area contributed by atoms with Crippen LogP contribution in [0.5, 0.6) is 0 Å². The van der Waals surface area contributed by atoms with E-state index in [0.29, 0.717) is 60.4 Å². The predicted octanol–water partition coefficient (Wildman–Crippen LogP) is 3.93. The van der Waals surface area contributed by atoms with E-state index in [0.717, 1.165) is 16.6 Å². The number of halogens is 1. The van der Waals surface area contributed by atoms with E-state index in [1.54, 1.807) is 17.7 Å². The van der Waals surface area contributed by atoms with Crippen LogP contribution in [0.4, 0.5) is 4.39 Å². The first-order valence-corrected chi connectivity index (χ1v) is 11.4. The van der Waals surface area contributed by atoms with Gasteiger partial charge in [0.2, 0.25) is 0 Å². The van der Waals surface area contributed by atoms with Gasteiger partial charge in [0.25, 0.3) is 0 Å². The zero-order valence-corrected chi connectivity index (χ0v) is 19.4. The number of carbonyl (C=O) groups is 1. The first kappa shape index (κ1) is 23.2. The van der Waals surface area contributed by atoms with E-state index in [-0.39, 0.29) is 25.6 Å². The Kier molecular flexibility index (Phi) is 6.95. The maximum Gasteiger partial charge on any atom is 0.355 e. The van der Waals surface area contributed by atoms with Crippen LogP contribution in [0.3, 0.4) is 0 Å². The molecule has 0 saturated carbocycles. The second-order valence-corrected chi connectivity index (χ2v) is 8.04. The van der Waals surface area contributed by atoms with Crippen molar-refractivity contribution in [3.63, 3.8) is 0 Å². The smallest absolute Gasteiger partial charge is 0.355 e. The van der Waals surface area contributed by atoms with Crippen LogP contribution in [0, 0.1) is 5.82 Å². The molecule has 33 heavy (non-hydrogen) atoms. The zero-order chi connectivity index (χ0) is 23.5. The van der Waals surface area contributed by atoms with Crippen LogP contribution in [-0.4, -0.2) is 45.2 Å². The third-order valence-corrected chi connectivity index (χ3v) is 6.06. The molecule has 3 heterocycles. The number of ether oxygens (including phenoxy) is 2. The van der Waals surface area contributed by atoms with E-state index in [1.807, 2.05) is 30.7 Å². The van der Waals surface area contributed by atoms with Gasteiger partial charge in [0.15, 0.2) is 0 Å². The number of allylic oxidation sites excluding steroid dienone is 1. The van der Waals surface area contributed by atoms with Crippen molar-refractivity contribution < 1.29 is 23.8 Å². The van der Waals surface area contributed by atoms with Crippen LogP contribution >= 0.6 is 0 Å². The fraction of sp³-hybridized carbons (Fsp3) is 0.440. The second-order valence-electron chi connectivity index (χ2n) is 8.04. The number of aliphatic hydroxyl groups excluding tert-OH is 1. The molecule has 0 saturated heterocycles. The minimum atomic E-state index is -0.449. The molecule has 0 radical (unpaired) electrons. The molecule has 0 spiro atoms. The van der Waals surface area contributed by atoms with Crippen molar-refractivity contribution in [1.82, 2.24) is 14.3 Å². The number of nitrogens with zero attached hydrogens (tertiary/aromatic N) is 3. The lowest BCUT2D eigenvalue weighted by Gasteiger charge is -2.13. The number of aliphatic hydroxyl groups is 1. The van der Waals surface area contributed by atoms with Gasteiger partial charge in [-0.1, -0.05) is 19.1 Å². The van der Waals surface area contributed by atoms with Crippen LogP contribution < -0.4 is 0 Å². The lowest BCUT2D eigenvalue weighted by Crippen LogP contribution is -2.14. The highest BCUT2D eigenvalue weighted by Gasteiger charge is 2.29. The van der Waals surface area contributed by atoms with Crippen molar-refractivity contribution in [1.29, 1.82) is 0 Å². The van der Waals surface area contributed by atoms with Gasteiger partial charge in [-0.3, -0.25) is 4.68 Å². The van der Waals surface area contributed by atoms with Crippen LogP contribution in [0.1, 0.15) is 47.7 Å². The van der Waals surface area contributed by atoms with Crippen molar-refractivity contribution in [3.05, 3.63) is 52.7 Å². The number of aromatic nitrogens is 3. The third kappa shape index (κ3) is 4.09. The molecule has 176 valence electrons. The monoisotopic (exact) mass is 455 g/mol. The van der Waals surface area contributed by atoms with Crippen LogP contribution in [0.2, 0.25) is 0 Å². The molecule has 0 amide bonds. The maximum atomic E-state index is 15.7. The van der Waals surface area contributed by atoms with Crippen molar-refractivity contribution in [2.45, 2.75) is 46.3 Å². The van der Waals surface area contributed by atoms with Crippen LogP contribution in [-0.2, 0) is 42.5 Å². The van der Waals surface area contributed by atoms with Crippen molar-refractivity contribution >= 4 is 16.9 Å². The lowest BCUT2D eigenvalue weighted by molar-refractivity contribution is 0.0513. The molecule has 2 aromatic heterocycles. The van der Waals surface area contributed by atoms with Gasteiger partial charge in [-0.25, -0.2) is 9.18 Å². The van der Waals surface area contributed by atoms with Crippen LogP contribution in [0.25, 0.3) is 22.0 Å². The van der Waals surface area contributed by atoms with Gasteiger partial charge in [-0.15, -0.1) is 0 Å². The summed E-state index contributed by atoms with van der Waals surface area (Å²) >= 11 is 0. The van der Waals surface area contributed by atoms with E-state index in [1.165, 1.54) is 6.07 Å². The maximum absolute atomic E-state index is 15.7. The molecule has 1 aliphatic rings. The minimum Gasteiger partial charge on any atom is -0.461 e. The fourth-order valence-corrected chi connectivity index (χ4v) is 4.74. The number of benzene rings is 1. The number of hydrogen-bond donors (Lipinski definition) is 1. The topological polar surface area (TPSA) is 78.5 Å². The quantitative estimate of drug-likeness (QED) is 0.450. The Labute approximate surface area is 192 Å². The standard InChI is InChI=1S/C25H30FN3O4/c1-4-20-22-19(27-28(20)3)15-32-14-7-6-12-29-23-17(10-11-18(26)21(22)23)16(9-8-13-30)24(29)25(31)33-5-2/h6-7,10-11,30H,4-5,8-9,12-15H2,1-3H3/b7-6-. The van der Waals surface area contributed by atoms with Crippen molar-refractivity contribution in [2.75, 3.05) is 19.8 Å². The molecular formula is C25H30FN3O4. The summed E-state index contributed by atoms with van der Waals surface area (Å²) in [4.78, 5) is 13.1. The van der Waals surface area contributed by atoms with Gasteiger partial charge in [0, 0.05) is 42.4 Å². The van der Waals surface area contributed by atoms with Gasteiger partial charge >= 0.3 is 5.97 Å². The largest absolute Gasteiger partial charge is 0.461 e. The highest BCUT2D eigenvalue weighted by molar-refractivity contribution is 6.05. The number of esters is 1. The van der Waals surface area contributed by atoms with Gasteiger partial charge in [-0.05, 0) is 43.9 Å². The van der Waals surface area contributed by atoms with Crippen LogP contribution in [0.15, 0.2) is 24.3 Å². The number of aryl methyl sites for hydroxylation is 2. The van der Waals surface area contributed by atoms with Gasteiger partial charge in [0.1, 0.15) is 11.5 Å². The first-order valence-electron chi connectivity index (χ1n) is 11.4. The Hall–Kier alpha value is -2.97. The Balaban J connectivity index is 2.15. The Morgan fingerprint density at radius 2 is 2.09 bits per heavy atom. The SMILES string of the molecule is CCOC(=O)c1c(CCCO)c2ccc(F)c3c2n1C/C=C\COCc1nn(C)c(CC)c1-3. The molecule has 1 aromatic carbocycles. The molecule has 1 N–H and O–H groups in total. The van der Waals surface area contributed by atoms with E-state index < -0.39 is 5.97 Å². The van der Waals surface area contributed by atoms with Gasteiger partial charge < -0.3 is 19.1 Å².